The monoisotopic (exact) mass is 308 g/mol. The van der Waals surface area contributed by atoms with Crippen molar-refractivity contribution in [3.05, 3.63) is 24.3 Å². The van der Waals surface area contributed by atoms with E-state index in [1.807, 2.05) is 12.1 Å². The Balaban J connectivity index is 1.75. The number of para-hydroxylation sites is 2. The number of ether oxygens (including phenoxy) is 1. The molecule has 1 aromatic carbocycles. The molecule has 0 radical (unpaired) electrons. The molecule has 21 heavy (non-hydrogen) atoms. The summed E-state index contributed by atoms with van der Waals surface area (Å²) in [5, 5.41) is 2.89. The zero-order chi connectivity index (χ0) is 14.8. The Labute approximate surface area is 128 Å². The number of nitrogens with one attached hydrogen (secondary N) is 1. The number of carbonyl (C=O) groups excluding carboxylic acids is 2. The molecule has 0 saturated heterocycles. The van der Waals surface area contributed by atoms with E-state index in [9.17, 15) is 9.59 Å². The third-order valence-electron chi connectivity index (χ3n) is 3.74. The average Bonchev–Trinajstić information content (AvgIpc) is 3.35. The van der Waals surface area contributed by atoms with Gasteiger partial charge in [-0.2, -0.15) is 0 Å². The second kappa shape index (κ2) is 5.93. The summed E-state index contributed by atoms with van der Waals surface area (Å²) in [5.74, 6) is 0.612. The van der Waals surface area contributed by atoms with Crippen molar-refractivity contribution in [2.45, 2.75) is 18.9 Å². The molecule has 1 heterocycles. The van der Waals surface area contributed by atoms with Crippen LogP contribution in [0.4, 0.5) is 5.69 Å². The first-order valence-electron chi connectivity index (χ1n) is 7.08. The van der Waals surface area contributed by atoms with Crippen molar-refractivity contribution < 1.29 is 14.3 Å². The summed E-state index contributed by atoms with van der Waals surface area (Å²) < 4.78 is 5.72. The van der Waals surface area contributed by atoms with Gasteiger partial charge < -0.3 is 15.0 Å². The maximum absolute atomic E-state index is 12.2. The van der Waals surface area contributed by atoms with Crippen molar-refractivity contribution in [2.75, 3.05) is 23.9 Å². The van der Waals surface area contributed by atoms with E-state index in [1.165, 1.54) is 17.7 Å². The molecule has 112 valence electrons. The van der Waals surface area contributed by atoms with Gasteiger partial charge in [0.05, 0.1) is 12.2 Å². The van der Waals surface area contributed by atoms with E-state index in [4.69, 9.17) is 16.3 Å². The molecule has 2 amide bonds. The number of hydrogen-bond acceptors (Lipinski definition) is 3. The lowest BCUT2D eigenvalue weighted by Crippen LogP contribution is -2.51. The third kappa shape index (κ3) is 3.13. The minimum atomic E-state index is -0.689. The van der Waals surface area contributed by atoms with Gasteiger partial charge in [-0.25, -0.2) is 0 Å². The van der Waals surface area contributed by atoms with Crippen molar-refractivity contribution in [1.82, 2.24) is 5.32 Å². The molecule has 3 rings (SSSR count). The Morgan fingerprint density at radius 3 is 2.81 bits per heavy atom. The highest BCUT2D eigenvalue weighted by Crippen LogP contribution is 2.33. The molecule has 1 aliphatic heterocycles. The summed E-state index contributed by atoms with van der Waals surface area (Å²) in [6.45, 7) is 0.878. The standard InChI is InChI=1S/C15H17ClN2O3/c16-7-14(19)18-9-13(15(20)17-8-10-5-6-10)21-12-4-2-1-3-11(12)18/h1-4,10,13H,5-9H2,(H,17,20). The largest absolute Gasteiger partial charge is 0.477 e. The van der Waals surface area contributed by atoms with Crippen molar-refractivity contribution in [2.24, 2.45) is 5.92 Å². The van der Waals surface area contributed by atoms with Crippen LogP contribution in [-0.2, 0) is 9.59 Å². The van der Waals surface area contributed by atoms with E-state index < -0.39 is 6.10 Å². The van der Waals surface area contributed by atoms with Crippen LogP contribution in [0.1, 0.15) is 12.8 Å². The number of alkyl halides is 1. The highest BCUT2D eigenvalue weighted by molar-refractivity contribution is 6.29. The summed E-state index contributed by atoms with van der Waals surface area (Å²) >= 11 is 5.66. The van der Waals surface area contributed by atoms with Crippen LogP contribution in [0.25, 0.3) is 0 Å². The summed E-state index contributed by atoms with van der Waals surface area (Å²) in [7, 11) is 0. The zero-order valence-electron chi connectivity index (χ0n) is 11.5. The normalized spacial score (nSPS) is 20.4. The summed E-state index contributed by atoms with van der Waals surface area (Å²) in [6.07, 6.45) is 1.66. The minimum absolute atomic E-state index is 0.120. The molecule has 1 N–H and O–H groups in total. The number of amides is 2. The Hall–Kier alpha value is -1.75. The number of rotatable bonds is 4. The van der Waals surface area contributed by atoms with Crippen molar-refractivity contribution in [3.63, 3.8) is 0 Å². The Bertz CT molecular complexity index is 560. The van der Waals surface area contributed by atoms with Gasteiger partial charge in [0.1, 0.15) is 11.6 Å². The molecule has 1 atom stereocenters. The molecule has 0 bridgehead atoms. The molecular formula is C15H17ClN2O3. The van der Waals surface area contributed by atoms with Gasteiger partial charge in [0.15, 0.2) is 6.10 Å². The van der Waals surface area contributed by atoms with E-state index in [2.05, 4.69) is 5.32 Å². The van der Waals surface area contributed by atoms with Crippen LogP contribution in [0, 0.1) is 5.92 Å². The van der Waals surface area contributed by atoms with Crippen LogP contribution in [0.15, 0.2) is 24.3 Å². The SMILES string of the molecule is O=C(NCC1CC1)C1CN(C(=O)CCl)c2ccccc2O1. The topological polar surface area (TPSA) is 58.6 Å². The van der Waals surface area contributed by atoms with Crippen LogP contribution < -0.4 is 15.0 Å². The number of nitrogens with zero attached hydrogens (tertiary/aromatic N) is 1. The van der Waals surface area contributed by atoms with Crippen LogP contribution in [0.3, 0.4) is 0 Å². The first-order valence-corrected chi connectivity index (χ1v) is 7.62. The first kappa shape index (κ1) is 14.2. The fourth-order valence-electron chi connectivity index (χ4n) is 2.36. The predicted octanol–water partition coefficient (Wildman–Crippen LogP) is 1.55. The molecule has 1 unspecified atom stereocenters. The number of benzene rings is 1. The van der Waals surface area contributed by atoms with Gasteiger partial charge >= 0.3 is 0 Å². The maximum Gasteiger partial charge on any atom is 0.262 e. The van der Waals surface area contributed by atoms with Gasteiger partial charge in [0, 0.05) is 6.54 Å². The number of fused-ring (bicyclic) bond motifs is 1. The highest BCUT2D eigenvalue weighted by atomic mass is 35.5. The molecule has 6 heteroatoms. The molecule has 1 aromatic rings. The van der Waals surface area contributed by atoms with Gasteiger partial charge in [-0.15, -0.1) is 11.6 Å². The second-order valence-electron chi connectivity index (χ2n) is 5.40. The minimum Gasteiger partial charge on any atom is -0.477 e. The van der Waals surface area contributed by atoms with Crippen molar-refractivity contribution >= 4 is 29.1 Å². The summed E-state index contributed by atoms with van der Waals surface area (Å²) in [4.78, 5) is 25.7. The summed E-state index contributed by atoms with van der Waals surface area (Å²) in [5.41, 5.74) is 0.661. The number of carbonyl (C=O) groups is 2. The fraction of sp³-hybridized carbons (Fsp3) is 0.467. The zero-order valence-corrected chi connectivity index (χ0v) is 12.3. The van der Waals surface area contributed by atoms with Crippen LogP contribution in [0.2, 0.25) is 0 Å². The molecule has 1 saturated carbocycles. The van der Waals surface area contributed by atoms with Gasteiger partial charge in [0.25, 0.3) is 5.91 Å². The number of anilines is 1. The van der Waals surface area contributed by atoms with Crippen LogP contribution >= 0.6 is 11.6 Å². The lowest BCUT2D eigenvalue weighted by atomic mass is 10.1. The molecule has 0 spiro atoms. The molecular weight excluding hydrogens is 292 g/mol. The second-order valence-corrected chi connectivity index (χ2v) is 5.67. The first-order chi connectivity index (χ1) is 10.2. The molecule has 1 aliphatic carbocycles. The number of hydrogen-bond donors (Lipinski definition) is 1. The fourth-order valence-corrected chi connectivity index (χ4v) is 2.50. The summed E-state index contributed by atoms with van der Waals surface area (Å²) in [6, 6.07) is 7.18. The van der Waals surface area contributed by atoms with Gasteiger partial charge in [-0.3, -0.25) is 9.59 Å². The quantitative estimate of drug-likeness (QED) is 0.859. The van der Waals surface area contributed by atoms with E-state index in [0.29, 0.717) is 23.9 Å². The molecule has 2 aliphatic rings. The van der Waals surface area contributed by atoms with Crippen LogP contribution in [0.5, 0.6) is 5.75 Å². The van der Waals surface area contributed by atoms with E-state index >= 15 is 0 Å². The Morgan fingerprint density at radius 1 is 1.33 bits per heavy atom. The smallest absolute Gasteiger partial charge is 0.262 e. The van der Waals surface area contributed by atoms with Gasteiger partial charge in [-0.1, -0.05) is 12.1 Å². The average molecular weight is 309 g/mol. The number of halogens is 1. The van der Waals surface area contributed by atoms with E-state index in [-0.39, 0.29) is 24.2 Å². The van der Waals surface area contributed by atoms with E-state index in [1.54, 1.807) is 12.1 Å². The predicted molar refractivity (Wildman–Crippen MR) is 79.7 cm³/mol. The molecule has 0 aromatic heterocycles. The highest BCUT2D eigenvalue weighted by Gasteiger charge is 2.34. The lowest BCUT2D eigenvalue weighted by molar-refractivity contribution is -0.128. The van der Waals surface area contributed by atoms with Gasteiger partial charge in [0.2, 0.25) is 5.91 Å². The van der Waals surface area contributed by atoms with Crippen molar-refractivity contribution in [3.8, 4) is 5.75 Å². The Morgan fingerprint density at radius 2 is 2.10 bits per heavy atom. The third-order valence-corrected chi connectivity index (χ3v) is 3.97. The van der Waals surface area contributed by atoms with Gasteiger partial charge in [-0.05, 0) is 30.9 Å². The van der Waals surface area contributed by atoms with Crippen molar-refractivity contribution in [1.29, 1.82) is 0 Å². The van der Waals surface area contributed by atoms with E-state index in [0.717, 1.165) is 0 Å². The lowest BCUT2D eigenvalue weighted by Gasteiger charge is -2.33. The van der Waals surface area contributed by atoms with Crippen LogP contribution in [-0.4, -0.2) is 36.9 Å². The molecule has 5 nitrogen and oxygen atoms in total. The maximum atomic E-state index is 12.2. The molecule has 1 fully saturated rings. The Kier molecular flexibility index (Phi) is 4.01.